The van der Waals surface area contributed by atoms with Crippen LogP contribution >= 0.6 is 0 Å². The summed E-state index contributed by atoms with van der Waals surface area (Å²) in [5.41, 5.74) is 3.23. The van der Waals surface area contributed by atoms with Crippen molar-refractivity contribution < 1.29 is 14.3 Å². The van der Waals surface area contributed by atoms with E-state index in [1.165, 1.54) is 0 Å². The molecule has 26 heavy (non-hydrogen) atoms. The van der Waals surface area contributed by atoms with Gasteiger partial charge in [0, 0.05) is 61.8 Å². The van der Waals surface area contributed by atoms with Crippen molar-refractivity contribution >= 4 is 5.78 Å². The molecule has 2 aliphatic rings. The van der Waals surface area contributed by atoms with Crippen LogP contribution in [0.4, 0.5) is 0 Å². The maximum Gasteiger partial charge on any atom is 0.196 e. The number of carbonyl (C=O) groups excluding carboxylic acids is 1. The summed E-state index contributed by atoms with van der Waals surface area (Å²) in [4.78, 5) is 22.6. The first kappa shape index (κ1) is 17.3. The van der Waals surface area contributed by atoms with Gasteiger partial charge in [-0.05, 0) is 49.9 Å². The number of rotatable bonds is 4. The highest BCUT2D eigenvalue weighted by molar-refractivity contribution is 6.10. The molecule has 2 saturated heterocycles. The molecule has 0 bridgehead atoms. The molecule has 4 rings (SSSR count). The first-order valence-electron chi connectivity index (χ1n) is 9.44. The topological polar surface area (TPSA) is 61.3 Å². The molecular weight excluding hydrogens is 328 g/mol. The molecule has 5 heteroatoms. The number of ketones is 1. The lowest BCUT2D eigenvalue weighted by Gasteiger charge is -2.25. The van der Waals surface area contributed by atoms with Crippen LogP contribution in [0.15, 0.2) is 36.7 Å². The van der Waals surface area contributed by atoms with E-state index in [4.69, 9.17) is 9.47 Å². The lowest BCUT2D eigenvalue weighted by Crippen LogP contribution is -2.21. The van der Waals surface area contributed by atoms with E-state index in [9.17, 15) is 4.79 Å². The minimum atomic E-state index is 0.0363. The van der Waals surface area contributed by atoms with E-state index in [1.807, 2.05) is 24.3 Å². The summed E-state index contributed by atoms with van der Waals surface area (Å²) in [6.45, 7) is 2.92. The Balaban J connectivity index is 1.68. The fourth-order valence-corrected chi connectivity index (χ4v) is 3.96. The molecule has 136 valence electrons. The van der Waals surface area contributed by atoms with Crippen molar-refractivity contribution in [2.75, 3.05) is 26.4 Å². The SMILES string of the molecule is O=C(c1cccnc1C1CCOCC1)c1cccnc1C1CCOCC1. The Morgan fingerprint density at radius 1 is 0.769 bits per heavy atom. The summed E-state index contributed by atoms with van der Waals surface area (Å²) in [5.74, 6) is 0.605. The molecule has 0 aromatic carbocycles. The van der Waals surface area contributed by atoms with E-state index in [0.29, 0.717) is 11.1 Å². The van der Waals surface area contributed by atoms with Gasteiger partial charge in [0.15, 0.2) is 5.78 Å². The maximum absolute atomic E-state index is 13.4. The highest BCUT2D eigenvalue weighted by Crippen LogP contribution is 2.32. The predicted molar refractivity (Wildman–Crippen MR) is 97.5 cm³/mol. The van der Waals surface area contributed by atoms with Gasteiger partial charge < -0.3 is 9.47 Å². The molecule has 0 N–H and O–H groups in total. The van der Waals surface area contributed by atoms with Gasteiger partial charge in [0.05, 0.1) is 11.4 Å². The smallest absolute Gasteiger partial charge is 0.196 e. The van der Waals surface area contributed by atoms with Gasteiger partial charge in [-0.25, -0.2) is 0 Å². The summed E-state index contributed by atoms with van der Waals surface area (Å²) in [7, 11) is 0. The Morgan fingerprint density at radius 3 is 1.62 bits per heavy atom. The zero-order chi connectivity index (χ0) is 17.8. The highest BCUT2D eigenvalue weighted by atomic mass is 16.5. The van der Waals surface area contributed by atoms with E-state index in [1.54, 1.807) is 12.4 Å². The van der Waals surface area contributed by atoms with Crippen LogP contribution in [0.1, 0.15) is 64.8 Å². The Morgan fingerprint density at radius 2 is 1.19 bits per heavy atom. The number of pyridine rings is 2. The van der Waals surface area contributed by atoms with Crippen LogP contribution in [-0.2, 0) is 9.47 Å². The van der Waals surface area contributed by atoms with Crippen LogP contribution in [0.2, 0.25) is 0 Å². The molecule has 2 aromatic heterocycles. The van der Waals surface area contributed by atoms with Crippen LogP contribution in [0.25, 0.3) is 0 Å². The fourth-order valence-electron chi connectivity index (χ4n) is 3.96. The fraction of sp³-hybridized carbons (Fsp3) is 0.476. The molecule has 0 spiro atoms. The maximum atomic E-state index is 13.4. The van der Waals surface area contributed by atoms with Crippen molar-refractivity contribution in [3.63, 3.8) is 0 Å². The third-order valence-electron chi connectivity index (χ3n) is 5.38. The van der Waals surface area contributed by atoms with E-state index >= 15 is 0 Å². The minimum absolute atomic E-state index is 0.0363. The predicted octanol–water partition coefficient (Wildman–Crippen LogP) is 3.50. The second kappa shape index (κ2) is 8.06. The monoisotopic (exact) mass is 352 g/mol. The molecule has 0 atom stereocenters. The standard InChI is InChI=1S/C21H24N2O3/c24-21(17-3-1-9-22-19(17)15-5-11-25-12-6-15)18-4-2-10-23-20(18)16-7-13-26-14-8-16/h1-4,9-10,15-16H,5-8,11-14H2. The van der Waals surface area contributed by atoms with E-state index in [0.717, 1.165) is 63.5 Å². The Bertz CT molecular complexity index is 702. The number of aromatic nitrogens is 2. The van der Waals surface area contributed by atoms with E-state index < -0.39 is 0 Å². The average molecular weight is 352 g/mol. The van der Waals surface area contributed by atoms with Gasteiger partial charge in [0.1, 0.15) is 0 Å². The molecule has 0 saturated carbocycles. The normalized spacial score (nSPS) is 19.4. The quantitative estimate of drug-likeness (QED) is 0.788. The number of carbonyl (C=O) groups is 1. The molecule has 0 amide bonds. The van der Waals surface area contributed by atoms with Crippen LogP contribution in [0.3, 0.4) is 0 Å². The third kappa shape index (κ3) is 3.55. The third-order valence-corrected chi connectivity index (χ3v) is 5.38. The summed E-state index contributed by atoms with van der Waals surface area (Å²) in [6.07, 6.45) is 7.22. The van der Waals surface area contributed by atoms with Gasteiger partial charge in [0.25, 0.3) is 0 Å². The molecule has 2 aromatic rings. The zero-order valence-electron chi connectivity index (χ0n) is 14.9. The molecule has 0 radical (unpaired) electrons. The van der Waals surface area contributed by atoms with Gasteiger partial charge in [-0.15, -0.1) is 0 Å². The van der Waals surface area contributed by atoms with Crippen LogP contribution < -0.4 is 0 Å². The van der Waals surface area contributed by atoms with E-state index in [-0.39, 0.29) is 17.6 Å². The first-order valence-corrected chi connectivity index (χ1v) is 9.44. The van der Waals surface area contributed by atoms with Crippen molar-refractivity contribution in [2.45, 2.75) is 37.5 Å². The van der Waals surface area contributed by atoms with Crippen molar-refractivity contribution in [3.8, 4) is 0 Å². The van der Waals surface area contributed by atoms with Gasteiger partial charge >= 0.3 is 0 Å². The summed E-state index contributed by atoms with van der Waals surface area (Å²) >= 11 is 0. The number of ether oxygens (including phenoxy) is 2. The summed E-state index contributed by atoms with van der Waals surface area (Å²) in [6, 6.07) is 7.50. The Labute approximate surface area is 153 Å². The first-order chi connectivity index (χ1) is 12.8. The molecule has 2 fully saturated rings. The van der Waals surface area contributed by atoms with Gasteiger partial charge in [-0.1, -0.05) is 0 Å². The van der Waals surface area contributed by atoms with Crippen LogP contribution in [0.5, 0.6) is 0 Å². The number of hydrogen-bond acceptors (Lipinski definition) is 5. The van der Waals surface area contributed by atoms with Gasteiger partial charge in [-0.3, -0.25) is 14.8 Å². The number of nitrogens with zero attached hydrogens (tertiary/aromatic N) is 2. The molecule has 0 aliphatic carbocycles. The average Bonchev–Trinajstić information content (AvgIpc) is 2.74. The Kier molecular flexibility index (Phi) is 5.37. The summed E-state index contributed by atoms with van der Waals surface area (Å²) < 4.78 is 10.9. The number of hydrogen-bond donors (Lipinski definition) is 0. The molecule has 2 aliphatic heterocycles. The van der Waals surface area contributed by atoms with Crippen molar-refractivity contribution in [2.24, 2.45) is 0 Å². The van der Waals surface area contributed by atoms with Crippen molar-refractivity contribution in [1.82, 2.24) is 9.97 Å². The zero-order valence-corrected chi connectivity index (χ0v) is 14.9. The molecule has 4 heterocycles. The van der Waals surface area contributed by atoms with Crippen molar-refractivity contribution in [1.29, 1.82) is 0 Å². The largest absolute Gasteiger partial charge is 0.381 e. The lowest BCUT2D eigenvalue weighted by molar-refractivity contribution is 0.0831. The van der Waals surface area contributed by atoms with Crippen molar-refractivity contribution in [3.05, 3.63) is 59.2 Å². The Hall–Kier alpha value is -2.11. The summed E-state index contributed by atoms with van der Waals surface area (Å²) in [5, 5.41) is 0. The molecule has 5 nitrogen and oxygen atoms in total. The van der Waals surface area contributed by atoms with Crippen LogP contribution in [0, 0.1) is 0 Å². The lowest BCUT2D eigenvalue weighted by atomic mass is 9.86. The molecular formula is C21H24N2O3. The second-order valence-corrected chi connectivity index (χ2v) is 6.97. The highest BCUT2D eigenvalue weighted by Gasteiger charge is 2.27. The second-order valence-electron chi connectivity index (χ2n) is 6.97. The van der Waals surface area contributed by atoms with Gasteiger partial charge in [0.2, 0.25) is 0 Å². The van der Waals surface area contributed by atoms with Crippen LogP contribution in [-0.4, -0.2) is 42.2 Å². The van der Waals surface area contributed by atoms with Gasteiger partial charge in [-0.2, -0.15) is 0 Å². The minimum Gasteiger partial charge on any atom is -0.381 e. The molecule has 0 unspecified atom stereocenters. The van der Waals surface area contributed by atoms with E-state index in [2.05, 4.69) is 9.97 Å².